The maximum Gasteiger partial charge on any atom is 0.0888 e. The zero-order valence-electron chi connectivity index (χ0n) is 7.71. The van der Waals surface area contributed by atoms with Crippen LogP contribution >= 0.6 is 0 Å². The smallest absolute Gasteiger partial charge is 0.0888 e. The Morgan fingerprint density at radius 1 is 1.67 bits per heavy atom. The normalized spacial score (nSPS) is 33.2. The van der Waals surface area contributed by atoms with Crippen molar-refractivity contribution in [1.29, 1.82) is 0 Å². The molecule has 2 nitrogen and oxygen atoms in total. The molecule has 0 saturated carbocycles. The first-order valence-corrected chi connectivity index (χ1v) is 4.33. The molecule has 1 heterocycles. The van der Waals surface area contributed by atoms with Gasteiger partial charge in [0.15, 0.2) is 0 Å². The van der Waals surface area contributed by atoms with E-state index < -0.39 is 0 Å². The van der Waals surface area contributed by atoms with Crippen LogP contribution in [0.25, 0.3) is 0 Å². The summed E-state index contributed by atoms with van der Waals surface area (Å²) >= 11 is 0. The molecule has 0 radical (unpaired) electrons. The van der Waals surface area contributed by atoms with E-state index in [4.69, 9.17) is 11.2 Å². The first-order valence-electron chi connectivity index (χ1n) is 4.33. The average Bonchev–Trinajstić information content (AvgIpc) is 2.26. The van der Waals surface area contributed by atoms with E-state index in [1.807, 2.05) is 13.8 Å². The van der Waals surface area contributed by atoms with Crippen molar-refractivity contribution in [2.24, 2.45) is 5.92 Å². The van der Waals surface area contributed by atoms with Crippen molar-refractivity contribution in [3.8, 4) is 12.3 Å². The van der Waals surface area contributed by atoms with E-state index in [0.717, 1.165) is 12.8 Å². The van der Waals surface area contributed by atoms with Crippen LogP contribution in [0.5, 0.6) is 0 Å². The third-order valence-corrected chi connectivity index (χ3v) is 2.49. The Labute approximate surface area is 73.9 Å². The number of rotatable bonds is 2. The number of hydrogen-bond acceptors (Lipinski definition) is 2. The van der Waals surface area contributed by atoms with Crippen LogP contribution in [0.15, 0.2) is 0 Å². The molecule has 2 unspecified atom stereocenters. The Balaban J connectivity index is 2.45. The molecule has 2 atom stereocenters. The standard InChI is InChI=1S/C10H16O2/c1-4-5-6-8-7-12-10(2,3)9(8)11/h1,8-9,11H,5-7H2,2-3H3. The summed E-state index contributed by atoms with van der Waals surface area (Å²) in [5, 5.41) is 9.75. The third kappa shape index (κ3) is 1.80. The minimum absolute atomic E-state index is 0.219. The van der Waals surface area contributed by atoms with Gasteiger partial charge in [-0.1, -0.05) is 0 Å². The first kappa shape index (κ1) is 9.57. The Hall–Kier alpha value is -0.520. The molecule has 12 heavy (non-hydrogen) atoms. The number of aliphatic hydroxyl groups is 1. The Kier molecular flexibility index (Phi) is 2.76. The summed E-state index contributed by atoms with van der Waals surface area (Å²) in [7, 11) is 0. The second-order valence-electron chi connectivity index (χ2n) is 3.86. The molecule has 2 heteroatoms. The van der Waals surface area contributed by atoms with Gasteiger partial charge in [-0.05, 0) is 20.3 Å². The highest BCUT2D eigenvalue weighted by atomic mass is 16.5. The van der Waals surface area contributed by atoms with Gasteiger partial charge in [-0.15, -0.1) is 12.3 Å². The molecular formula is C10H16O2. The van der Waals surface area contributed by atoms with Crippen molar-refractivity contribution in [2.75, 3.05) is 6.61 Å². The molecule has 1 aliphatic rings. The molecule has 0 aromatic heterocycles. The van der Waals surface area contributed by atoms with Gasteiger partial charge in [-0.3, -0.25) is 0 Å². The fourth-order valence-corrected chi connectivity index (χ4v) is 1.58. The second kappa shape index (κ2) is 3.47. The van der Waals surface area contributed by atoms with Crippen molar-refractivity contribution >= 4 is 0 Å². The molecule has 1 N–H and O–H groups in total. The van der Waals surface area contributed by atoms with E-state index in [0.29, 0.717) is 6.61 Å². The summed E-state index contributed by atoms with van der Waals surface area (Å²) in [5.74, 6) is 2.79. The third-order valence-electron chi connectivity index (χ3n) is 2.49. The van der Waals surface area contributed by atoms with E-state index in [-0.39, 0.29) is 17.6 Å². The van der Waals surface area contributed by atoms with Gasteiger partial charge < -0.3 is 9.84 Å². The van der Waals surface area contributed by atoms with E-state index in [1.165, 1.54) is 0 Å². The molecule has 0 amide bonds. The molecular weight excluding hydrogens is 152 g/mol. The van der Waals surface area contributed by atoms with Crippen molar-refractivity contribution in [1.82, 2.24) is 0 Å². The van der Waals surface area contributed by atoms with Gasteiger partial charge in [-0.2, -0.15) is 0 Å². The topological polar surface area (TPSA) is 29.5 Å². The van der Waals surface area contributed by atoms with Crippen molar-refractivity contribution < 1.29 is 9.84 Å². The Morgan fingerprint density at radius 3 is 2.75 bits per heavy atom. The van der Waals surface area contributed by atoms with Crippen molar-refractivity contribution in [3.63, 3.8) is 0 Å². The van der Waals surface area contributed by atoms with Gasteiger partial charge in [0.05, 0.1) is 18.3 Å². The fourth-order valence-electron chi connectivity index (χ4n) is 1.58. The molecule has 1 aliphatic heterocycles. The molecule has 0 spiro atoms. The second-order valence-corrected chi connectivity index (χ2v) is 3.86. The predicted molar refractivity (Wildman–Crippen MR) is 47.6 cm³/mol. The first-order chi connectivity index (χ1) is 5.58. The Bertz CT molecular complexity index is 191. The zero-order valence-corrected chi connectivity index (χ0v) is 7.71. The average molecular weight is 168 g/mol. The lowest BCUT2D eigenvalue weighted by Crippen LogP contribution is -2.35. The van der Waals surface area contributed by atoms with Crippen LogP contribution in [0.2, 0.25) is 0 Å². The van der Waals surface area contributed by atoms with Crippen LogP contribution in [0.1, 0.15) is 26.7 Å². The summed E-state index contributed by atoms with van der Waals surface area (Å²) in [6.07, 6.45) is 6.36. The number of terminal acetylenes is 1. The summed E-state index contributed by atoms with van der Waals surface area (Å²) in [6, 6.07) is 0. The lowest BCUT2D eigenvalue weighted by Gasteiger charge is -2.23. The fraction of sp³-hybridized carbons (Fsp3) is 0.800. The van der Waals surface area contributed by atoms with Gasteiger partial charge in [0, 0.05) is 12.3 Å². The molecule has 0 aromatic carbocycles. The van der Waals surface area contributed by atoms with Crippen LogP contribution in [-0.4, -0.2) is 23.4 Å². The minimum atomic E-state index is -0.390. The molecule has 1 fully saturated rings. The summed E-state index contributed by atoms with van der Waals surface area (Å²) < 4.78 is 5.44. The van der Waals surface area contributed by atoms with Crippen LogP contribution in [0.4, 0.5) is 0 Å². The highest BCUT2D eigenvalue weighted by Crippen LogP contribution is 2.32. The number of ether oxygens (including phenoxy) is 1. The van der Waals surface area contributed by atoms with Crippen molar-refractivity contribution in [3.05, 3.63) is 0 Å². The number of hydrogen-bond donors (Lipinski definition) is 1. The monoisotopic (exact) mass is 168 g/mol. The van der Waals surface area contributed by atoms with Crippen molar-refractivity contribution in [2.45, 2.75) is 38.4 Å². The van der Waals surface area contributed by atoms with Crippen LogP contribution in [0.3, 0.4) is 0 Å². The summed E-state index contributed by atoms with van der Waals surface area (Å²) in [4.78, 5) is 0. The van der Waals surface area contributed by atoms with Crippen LogP contribution in [0, 0.1) is 18.3 Å². The van der Waals surface area contributed by atoms with Gasteiger partial charge in [-0.25, -0.2) is 0 Å². The zero-order chi connectivity index (χ0) is 9.19. The van der Waals surface area contributed by atoms with Gasteiger partial charge in [0.1, 0.15) is 0 Å². The molecule has 1 saturated heterocycles. The largest absolute Gasteiger partial charge is 0.390 e. The maximum absolute atomic E-state index is 9.75. The molecule has 1 rings (SSSR count). The quantitative estimate of drug-likeness (QED) is 0.627. The highest BCUT2D eigenvalue weighted by molar-refractivity contribution is 4.93. The highest BCUT2D eigenvalue weighted by Gasteiger charge is 2.41. The van der Waals surface area contributed by atoms with E-state index in [2.05, 4.69) is 5.92 Å². The molecule has 0 bridgehead atoms. The van der Waals surface area contributed by atoms with Gasteiger partial charge in [0.2, 0.25) is 0 Å². The lowest BCUT2D eigenvalue weighted by atomic mass is 9.91. The predicted octanol–water partition coefficient (Wildman–Crippen LogP) is 1.19. The lowest BCUT2D eigenvalue weighted by molar-refractivity contribution is -0.0313. The summed E-state index contributed by atoms with van der Waals surface area (Å²) in [5.41, 5.74) is -0.390. The Morgan fingerprint density at radius 2 is 2.33 bits per heavy atom. The van der Waals surface area contributed by atoms with Gasteiger partial charge >= 0.3 is 0 Å². The van der Waals surface area contributed by atoms with E-state index in [1.54, 1.807) is 0 Å². The van der Waals surface area contributed by atoms with Gasteiger partial charge in [0.25, 0.3) is 0 Å². The SMILES string of the molecule is C#CCCC1COC(C)(C)C1O. The minimum Gasteiger partial charge on any atom is -0.390 e. The van der Waals surface area contributed by atoms with Crippen LogP contribution < -0.4 is 0 Å². The maximum atomic E-state index is 9.75. The van der Waals surface area contributed by atoms with Crippen LogP contribution in [-0.2, 0) is 4.74 Å². The van der Waals surface area contributed by atoms with E-state index >= 15 is 0 Å². The summed E-state index contributed by atoms with van der Waals surface area (Å²) in [6.45, 7) is 4.46. The molecule has 0 aromatic rings. The molecule has 68 valence electrons. The van der Waals surface area contributed by atoms with E-state index in [9.17, 15) is 5.11 Å². The number of aliphatic hydroxyl groups excluding tert-OH is 1. The molecule has 0 aliphatic carbocycles.